The zero-order valence-corrected chi connectivity index (χ0v) is 7.27. The number of allylic oxidation sites excluding steroid dienone is 1. The van der Waals surface area contributed by atoms with Gasteiger partial charge < -0.3 is 4.43 Å². The van der Waals surface area contributed by atoms with Gasteiger partial charge in [0.15, 0.2) is 0 Å². The second-order valence-electron chi connectivity index (χ2n) is 2.52. The Balaban J connectivity index is 3.70. The summed E-state index contributed by atoms with van der Waals surface area (Å²) in [6, 6.07) is 0. The van der Waals surface area contributed by atoms with Gasteiger partial charge >= 0.3 is 0 Å². The van der Waals surface area contributed by atoms with Crippen molar-refractivity contribution in [2.24, 2.45) is 0 Å². The maximum Gasteiger partial charge on any atom is 0.247 e. The molecule has 0 heterocycles. The van der Waals surface area contributed by atoms with Crippen LogP contribution in [0, 0.1) is 0 Å². The summed E-state index contributed by atoms with van der Waals surface area (Å²) in [5, 5.41) is 0. The van der Waals surface area contributed by atoms with Crippen molar-refractivity contribution < 1.29 is 4.43 Å². The van der Waals surface area contributed by atoms with Crippen LogP contribution in [0.2, 0.25) is 0 Å². The fourth-order valence-corrected chi connectivity index (χ4v) is 0.504. The molecular formula is C7H13OSi. The van der Waals surface area contributed by atoms with Gasteiger partial charge in [-0.1, -0.05) is 19.1 Å². The van der Waals surface area contributed by atoms with Crippen molar-refractivity contribution in [3.05, 3.63) is 12.2 Å². The van der Waals surface area contributed by atoms with Crippen molar-refractivity contribution in [1.82, 2.24) is 0 Å². The van der Waals surface area contributed by atoms with Crippen molar-refractivity contribution in [2.75, 3.05) is 0 Å². The van der Waals surface area contributed by atoms with Crippen LogP contribution in [0.1, 0.15) is 27.2 Å². The highest BCUT2D eigenvalue weighted by atomic mass is 28.2. The molecule has 3 radical (unpaired) electrons. The summed E-state index contributed by atoms with van der Waals surface area (Å²) in [4.78, 5) is 0. The summed E-state index contributed by atoms with van der Waals surface area (Å²) in [7, 11) is 3.00. The molecule has 0 bridgehead atoms. The minimum absolute atomic E-state index is 0.174. The molecule has 2 heteroatoms. The fourth-order valence-electron chi connectivity index (χ4n) is 0.436. The Morgan fingerprint density at radius 2 is 2.11 bits per heavy atom. The predicted octanol–water partition coefficient (Wildman–Crippen LogP) is 1.83. The van der Waals surface area contributed by atoms with Crippen molar-refractivity contribution in [1.29, 1.82) is 0 Å². The SMILES string of the molecule is CC/C=C/C(C)(C)O[Si]. The molecule has 0 saturated heterocycles. The van der Waals surface area contributed by atoms with Gasteiger partial charge in [0.25, 0.3) is 0 Å². The third kappa shape index (κ3) is 4.42. The second-order valence-corrected chi connectivity index (χ2v) is 2.72. The fraction of sp³-hybridized carbons (Fsp3) is 0.714. The first-order chi connectivity index (χ1) is 4.12. The van der Waals surface area contributed by atoms with Gasteiger partial charge in [0.2, 0.25) is 10.5 Å². The minimum atomic E-state index is -0.174. The third-order valence-electron chi connectivity index (χ3n) is 1.02. The van der Waals surface area contributed by atoms with E-state index >= 15 is 0 Å². The summed E-state index contributed by atoms with van der Waals surface area (Å²) in [6.45, 7) is 6.08. The van der Waals surface area contributed by atoms with E-state index in [-0.39, 0.29) is 5.60 Å². The van der Waals surface area contributed by atoms with E-state index in [0.717, 1.165) is 6.42 Å². The first-order valence-electron chi connectivity index (χ1n) is 3.15. The van der Waals surface area contributed by atoms with Crippen molar-refractivity contribution >= 4 is 10.5 Å². The van der Waals surface area contributed by atoms with Crippen molar-refractivity contribution in [3.8, 4) is 0 Å². The highest BCUT2D eigenvalue weighted by Gasteiger charge is 2.08. The van der Waals surface area contributed by atoms with E-state index < -0.39 is 0 Å². The highest BCUT2D eigenvalue weighted by molar-refractivity contribution is 5.98. The van der Waals surface area contributed by atoms with Gasteiger partial charge in [-0.2, -0.15) is 0 Å². The van der Waals surface area contributed by atoms with Crippen LogP contribution in [0.4, 0.5) is 0 Å². The van der Waals surface area contributed by atoms with Gasteiger partial charge in [0.05, 0.1) is 5.60 Å². The molecule has 0 aromatic rings. The number of hydrogen-bond acceptors (Lipinski definition) is 1. The molecule has 0 aromatic heterocycles. The van der Waals surface area contributed by atoms with Crippen LogP contribution in [0.3, 0.4) is 0 Å². The molecule has 51 valence electrons. The smallest absolute Gasteiger partial charge is 0.247 e. The molecule has 0 saturated carbocycles. The van der Waals surface area contributed by atoms with E-state index in [1.807, 2.05) is 19.9 Å². The molecule has 0 rings (SSSR count). The summed E-state index contributed by atoms with van der Waals surface area (Å²) >= 11 is 0. The lowest BCUT2D eigenvalue weighted by atomic mass is 10.1. The molecular weight excluding hydrogens is 128 g/mol. The van der Waals surface area contributed by atoms with Gasteiger partial charge in [0, 0.05) is 0 Å². The monoisotopic (exact) mass is 141 g/mol. The van der Waals surface area contributed by atoms with E-state index in [4.69, 9.17) is 4.43 Å². The largest absolute Gasteiger partial charge is 0.410 e. The Morgan fingerprint density at radius 3 is 2.44 bits per heavy atom. The average molecular weight is 141 g/mol. The predicted molar refractivity (Wildman–Crippen MR) is 40.3 cm³/mol. The molecule has 0 amide bonds. The summed E-state index contributed by atoms with van der Waals surface area (Å²) in [6.07, 6.45) is 5.17. The molecule has 0 unspecified atom stereocenters. The van der Waals surface area contributed by atoms with E-state index in [2.05, 4.69) is 23.5 Å². The zero-order valence-electron chi connectivity index (χ0n) is 6.27. The molecule has 1 nitrogen and oxygen atoms in total. The number of rotatable bonds is 3. The molecule has 0 aliphatic rings. The maximum atomic E-state index is 4.96. The van der Waals surface area contributed by atoms with Crippen LogP contribution < -0.4 is 0 Å². The van der Waals surface area contributed by atoms with E-state index in [1.54, 1.807) is 0 Å². The van der Waals surface area contributed by atoms with E-state index in [1.165, 1.54) is 0 Å². The van der Waals surface area contributed by atoms with Gasteiger partial charge in [-0.3, -0.25) is 0 Å². The molecule has 0 aliphatic carbocycles. The number of hydrogen-bond donors (Lipinski definition) is 0. The molecule has 0 fully saturated rings. The lowest BCUT2D eigenvalue weighted by Gasteiger charge is -2.17. The lowest BCUT2D eigenvalue weighted by Crippen LogP contribution is -2.19. The van der Waals surface area contributed by atoms with Crippen LogP contribution in [0.15, 0.2) is 12.2 Å². The quantitative estimate of drug-likeness (QED) is 0.430. The van der Waals surface area contributed by atoms with Crippen molar-refractivity contribution in [3.63, 3.8) is 0 Å². The van der Waals surface area contributed by atoms with Crippen LogP contribution in [-0.2, 0) is 4.43 Å². The molecule has 0 spiro atoms. The first kappa shape index (κ1) is 8.92. The third-order valence-corrected chi connectivity index (χ3v) is 1.54. The summed E-state index contributed by atoms with van der Waals surface area (Å²) in [5.74, 6) is 0. The van der Waals surface area contributed by atoms with Gasteiger partial charge in [-0.15, -0.1) is 0 Å². The van der Waals surface area contributed by atoms with Gasteiger partial charge in [-0.25, -0.2) is 0 Å². The topological polar surface area (TPSA) is 9.23 Å². The summed E-state index contributed by atoms with van der Waals surface area (Å²) in [5.41, 5.74) is -0.174. The van der Waals surface area contributed by atoms with Crippen LogP contribution in [-0.4, -0.2) is 16.1 Å². The highest BCUT2D eigenvalue weighted by Crippen LogP contribution is 2.08. The van der Waals surface area contributed by atoms with Crippen LogP contribution in [0.25, 0.3) is 0 Å². The Labute approximate surface area is 60.6 Å². The minimum Gasteiger partial charge on any atom is -0.410 e. The molecule has 9 heavy (non-hydrogen) atoms. The Bertz CT molecular complexity index is 97.1. The second kappa shape index (κ2) is 3.85. The Morgan fingerprint density at radius 1 is 1.56 bits per heavy atom. The summed E-state index contributed by atoms with van der Waals surface area (Å²) < 4.78 is 4.96. The van der Waals surface area contributed by atoms with E-state index in [0.29, 0.717) is 0 Å². The normalized spacial score (nSPS) is 12.9. The molecule has 0 aromatic carbocycles. The van der Waals surface area contributed by atoms with Crippen molar-refractivity contribution in [2.45, 2.75) is 32.8 Å². The van der Waals surface area contributed by atoms with Gasteiger partial charge in [-0.05, 0) is 20.3 Å². The van der Waals surface area contributed by atoms with E-state index in [9.17, 15) is 0 Å². The maximum absolute atomic E-state index is 4.96. The Hall–Kier alpha value is -0.0831. The van der Waals surface area contributed by atoms with Crippen LogP contribution >= 0.6 is 0 Å². The zero-order chi connectivity index (χ0) is 7.33. The van der Waals surface area contributed by atoms with Gasteiger partial charge in [0.1, 0.15) is 0 Å². The lowest BCUT2D eigenvalue weighted by molar-refractivity contribution is 0.180. The first-order valence-corrected chi connectivity index (χ1v) is 3.55. The molecule has 0 atom stereocenters. The van der Waals surface area contributed by atoms with Crippen LogP contribution in [0.5, 0.6) is 0 Å². The molecule has 0 aliphatic heterocycles. The average Bonchev–Trinajstić information content (AvgIpc) is 1.84. The molecule has 0 N–H and O–H groups in total. The Kier molecular flexibility index (Phi) is 3.82. The standard InChI is InChI=1S/C7H13OSi/c1-4-5-6-7(2,3)8-9/h5-6H,4H2,1-3H3/b6-5+.